The molecule has 3 aromatic rings. The van der Waals surface area contributed by atoms with E-state index in [4.69, 9.17) is 0 Å². The maximum Gasteiger partial charge on any atom is -0.0103 e. The topological polar surface area (TPSA) is 0 Å². The van der Waals surface area contributed by atoms with E-state index in [1.165, 1.54) is 33.1 Å². The highest BCUT2D eigenvalue weighted by molar-refractivity contribution is 7.28. The molecule has 0 heterocycles. The Labute approximate surface area is 122 Å². The highest BCUT2D eigenvalue weighted by Crippen LogP contribution is 2.28. The molecule has 3 aromatic carbocycles. The van der Waals surface area contributed by atoms with Crippen molar-refractivity contribution in [3.8, 4) is 22.3 Å². The summed E-state index contributed by atoms with van der Waals surface area (Å²) in [5.41, 5.74) is 6.38. The van der Waals surface area contributed by atoms with Crippen molar-refractivity contribution < 1.29 is 0 Å². The molecule has 0 aliphatic heterocycles. The van der Waals surface area contributed by atoms with E-state index in [1.54, 1.807) is 0 Å². The van der Waals surface area contributed by atoms with Gasteiger partial charge in [-0.15, -0.1) is 9.24 Å². The van der Waals surface area contributed by atoms with E-state index in [0.717, 1.165) is 0 Å². The van der Waals surface area contributed by atoms with Crippen LogP contribution in [0.1, 0.15) is 5.56 Å². The molecular formula is C19H17P. The van der Waals surface area contributed by atoms with E-state index in [-0.39, 0.29) is 0 Å². The predicted octanol–water partition coefficient (Wildman–Crippen LogP) is 4.83. The monoisotopic (exact) mass is 276 g/mol. The third-order valence-electron chi connectivity index (χ3n) is 3.49. The Balaban J connectivity index is 2.22. The van der Waals surface area contributed by atoms with Crippen molar-refractivity contribution in [2.24, 2.45) is 0 Å². The van der Waals surface area contributed by atoms with Gasteiger partial charge in [0.15, 0.2) is 0 Å². The molecule has 0 spiro atoms. The van der Waals surface area contributed by atoms with Gasteiger partial charge in [-0.3, -0.25) is 0 Å². The third kappa shape index (κ3) is 2.53. The Hall–Kier alpha value is -1.91. The summed E-state index contributed by atoms with van der Waals surface area (Å²) in [6, 6.07) is 25.6. The van der Waals surface area contributed by atoms with Gasteiger partial charge in [-0.25, -0.2) is 0 Å². The smallest absolute Gasteiger partial charge is 0.0103 e. The minimum absolute atomic E-state index is 1.26. The fourth-order valence-corrected chi connectivity index (χ4v) is 3.01. The average molecular weight is 276 g/mol. The summed E-state index contributed by atoms with van der Waals surface area (Å²) in [6.07, 6.45) is 0. The van der Waals surface area contributed by atoms with Crippen LogP contribution in [0.2, 0.25) is 0 Å². The molecule has 0 nitrogen and oxygen atoms in total. The molecule has 0 fully saturated rings. The fraction of sp³-hybridized carbons (Fsp3) is 0.0526. The van der Waals surface area contributed by atoms with E-state index >= 15 is 0 Å². The molecule has 98 valence electrons. The van der Waals surface area contributed by atoms with Gasteiger partial charge in [-0.05, 0) is 40.0 Å². The first-order valence-corrected chi connectivity index (χ1v) is 7.34. The normalized spacial score (nSPS) is 10.5. The fourth-order valence-electron chi connectivity index (χ4n) is 2.51. The number of aryl methyl sites for hydroxylation is 1. The Morgan fingerprint density at radius 3 is 1.45 bits per heavy atom. The minimum atomic E-state index is 1.26. The summed E-state index contributed by atoms with van der Waals surface area (Å²) in [6.45, 7) is 2.16. The third-order valence-corrected chi connectivity index (χ3v) is 4.12. The Morgan fingerprint density at radius 1 is 0.650 bits per heavy atom. The van der Waals surface area contributed by atoms with Crippen molar-refractivity contribution >= 4 is 14.5 Å². The molecule has 0 saturated carbocycles. The van der Waals surface area contributed by atoms with Gasteiger partial charge < -0.3 is 0 Å². The van der Waals surface area contributed by atoms with Crippen LogP contribution in [-0.4, -0.2) is 0 Å². The van der Waals surface area contributed by atoms with Crippen molar-refractivity contribution in [3.63, 3.8) is 0 Å². The van der Waals surface area contributed by atoms with Crippen LogP contribution in [0.25, 0.3) is 22.3 Å². The van der Waals surface area contributed by atoms with Gasteiger partial charge in [0, 0.05) is 0 Å². The predicted molar refractivity (Wildman–Crippen MR) is 91.4 cm³/mol. The molecule has 1 heteroatoms. The summed E-state index contributed by atoms with van der Waals surface area (Å²) < 4.78 is 0. The second kappa shape index (κ2) is 5.61. The molecule has 20 heavy (non-hydrogen) atoms. The van der Waals surface area contributed by atoms with Gasteiger partial charge in [0.25, 0.3) is 0 Å². The summed E-state index contributed by atoms with van der Waals surface area (Å²) in [5.74, 6) is 0. The second-order valence-electron chi connectivity index (χ2n) is 5.01. The highest BCUT2D eigenvalue weighted by Gasteiger charge is 2.09. The summed E-state index contributed by atoms with van der Waals surface area (Å²) in [4.78, 5) is 0. The Kier molecular flexibility index (Phi) is 3.67. The maximum absolute atomic E-state index is 2.91. The first-order chi connectivity index (χ1) is 9.75. The van der Waals surface area contributed by atoms with Crippen LogP contribution in [0.15, 0.2) is 72.8 Å². The lowest BCUT2D eigenvalue weighted by atomic mass is 9.96. The van der Waals surface area contributed by atoms with Crippen LogP contribution in [0.3, 0.4) is 0 Å². The highest BCUT2D eigenvalue weighted by atomic mass is 31.0. The summed E-state index contributed by atoms with van der Waals surface area (Å²) >= 11 is 0. The molecule has 0 aromatic heterocycles. The van der Waals surface area contributed by atoms with Gasteiger partial charge >= 0.3 is 0 Å². The number of benzene rings is 3. The number of rotatable bonds is 2. The Bertz CT molecular complexity index is 655. The first-order valence-electron chi connectivity index (χ1n) is 6.76. The lowest BCUT2D eigenvalue weighted by Crippen LogP contribution is -2.03. The molecule has 0 radical (unpaired) electrons. The molecule has 1 atom stereocenters. The van der Waals surface area contributed by atoms with Crippen LogP contribution in [0.5, 0.6) is 0 Å². The van der Waals surface area contributed by atoms with Crippen LogP contribution >= 0.6 is 9.24 Å². The van der Waals surface area contributed by atoms with Gasteiger partial charge in [0.05, 0.1) is 0 Å². The second-order valence-corrected chi connectivity index (χ2v) is 5.58. The molecule has 0 bridgehead atoms. The van der Waals surface area contributed by atoms with Crippen molar-refractivity contribution in [2.45, 2.75) is 6.92 Å². The van der Waals surface area contributed by atoms with Gasteiger partial charge in [-0.2, -0.15) is 0 Å². The van der Waals surface area contributed by atoms with Crippen LogP contribution in [-0.2, 0) is 0 Å². The van der Waals surface area contributed by atoms with Crippen LogP contribution in [0.4, 0.5) is 0 Å². The molecule has 0 aliphatic rings. The molecule has 0 aliphatic carbocycles. The number of hydrogen-bond donors (Lipinski definition) is 0. The van der Waals surface area contributed by atoms with Crippen molar-refractivity contribution in [1.29, 1.82) is 0 Å². The first kappa shape index (κ1) is 13.1. The summed E-state index contributed by atoms with van der Waals surface area (Å²) in [7, 11) is 2.91. The summed E-state index contributed by atoms with van der Waals surface area (Å²) in [5, 5.41) is 1.26. The molecule has 0 amide bonds. The largest absolute Gasteiger partial charge is 0.104 e. The molecule has 1 unspecified atom stereocenters. The quantitative estimate of drug-likeness (QED) is 0.588. The minimum Gasteiger partial charge on any atom is -0.104 e. The van der Waals surface area contributed by atoms with Gasteiger partial charge in [0.1, 0.15) is 0 Å². The van der Waals surface area contributed by atoms with Crippen LogP contribution < -0.4 is 5.30 Å². The molecule has 0 saturated heterocycles. The van der Waals surface area contributed by atoms with E-state index in [9.17, 15) is 0 Å². The Morgan fingerprint density at radius 2 is 1.05 bits per heavy atom. The van der Waals surface area contributed by atoms with Crippen LogP contribution in [0, 0.1) is 6.92 Å². The van der Waals surface area contributed by atoms with E-state index in [0.29, 0.717) is 0 Å². The van der Waals surface area contributed by atoms with Gasteiger partial charge in [0.2, 0.25) is 0 Å². The van der Waals surface area contributed by atoms with Crippen molar-refractivity contribution in [1.82, 2.24) is 0 Å². The standard InChI is InChI=1S/C19H17P/c1-14-12-17(15-8-4-2-5-9-15)19(20)18(13-14)16-10-6-3-7-11-16/h2-13H,20H2,1H3. The SMILES string of the molecule is Cc1cc(-c2ccccc2)c(P)c(-c2ccccc2)c1. The number of hydrogen-bond acceptors (Lipinski definition) is 0. The molecule has 3 rings (SSSR count). The zero-order valence-electron chi connectivity index (χ0n) is 11.5. The van der Waals surface area contributed by atoms with Crippen molar-refractivity contribution in [2.75, 3.05) is 0 Å². The van der Waals surface area contributed by atoms with Crippen molar-refractivity contribution in [3.05, 3.63) is 78.4 Å². The zero-order valence-corrected chi connectivity index (χ0v) is 12.7. The maximum atomic E-state index is 2.91. The van der Waals surface area contributed by atoms with E-state index in [2.05, 4.69) is 89.0 Å². The van der Waals surface area contributed by atoms with E-state index in [1.807, 2.05) is 0 Å². The van der Waals surface area contributed by atoms with E-state index < -0.39 is 0 Å². The average Bonchev–Trinajstić information content (AvgIpc) is 2.51. The molecular weight excluding hydrogens is 259 g/mol. The zero-order chi connectivity index (χ0) is 13.9. The lowest BCUT2D eigenvalue weighted by molar-refractivity contribution is 1.48. The molecule has 0 N–H and O–H groups in total. The lowest BCUT2D eigenvalue weighted by Gasteiger charge is -2.13. The van der Waals surface area contributed by atoms with Gasteiger partial charge in [-0.1, -0.05) is 72.8 Å².